The van der Waals surface area contributed by atoms with E-state index < -0.39 is 0 Å². The molecule has 0 aromatic heterocycles. The maximum absolute atomic E-state index is 5.72. The molecular weight excluding hydrogens is 224 g/mol. The van der Waals surface area contributed by atoms with Crippen molar-refractivity contribution in [2.45, 2.75) is 19.6 Å². The highest BCUT2D eigenvalue weighted by Crippen LogP contribution is 2.20. The van der Waals surface area contributed by atoms with Crippen LogP contribution in [0.25, 0.3) is 0 Å². The molecular formula is C16H18O2. The van der Waals surface area contributed by atoms with E-state index in [-0.39, 0.29) is 6.10 Å². The first-order valence-corrected chi connectivity index (χ1v) is 6.09. The molecule has 0 amide bonds. The standard InChI is InChI=1S/C16H18O2/c1-13(17-2)15-8-10-16(11-9-15)18-12-14-6-4-3-5-7-14/h3-11,13H,12H2,1-2H3. The van der Waals surface area contributed by atoms with Crippen LogP contribution in [0.1, 0.15) is 24.2 Å². The zero-order chi connectivity index (χ0) is 12.8. The quantitative estimate of drug-likeness (QED) is 0.789. The molecule has 2 aromatic carbocycles. The molecule has 0 fully saturated rings. The Hall–Kier alpha value is -1.80. The Bertz CT molecular complexity index is 462. The normalized spacial score (nSPS) is 12.1. The van der Waals surface area contributed by atoms with Gasteiger partial charge in [-0.25, -0.2) is 0 Å². The number of hydrogen-bond donors (Lipinski definition) is 0. The van der Waals surface area contributed by atoms with Gasteiger partial charge >= 0.3 is 0 Å². The molecule has 0 heterocycles. The predicted octanol–water partition coefficient (Wildman–Crippen LogP) is 3.97. The minimum Gasteiger partial charge on any atom is -0.489 e. The van der Waals surface area contributed by atoms with Gasteiger partial charge in [-0.05, 0) is 30.2 Å². The van der Waals surface area contributed by atoms with Gasteiger partial charge < -0.3 is 9.47 Å². The Balaban J connectivity index is 1.94. The van der Waals surface area contributed by atoms with E-state index in [0.717, 1.165) is 11.3 Å². The average Bonchev–Trinajstić information content (AvgIpc) is 2.46. The smallest absolute Gasteiger partial charge is 0.119 e. The first-order valence-electron chi connectivity index (χ1n) is 6.09. The summed E-state index contributed by atoms with van der Waals surface area (Å²) in [5.74, 6) is 0.880. The minimum absolute atomic E-state index is 0.119. The van der Waals surface area contributed by atoms with Crippen LogP contribution in [0.4, 0.5) is 0 Å². The molecule has 0 N–H and O–H groups in total. The van der Waals surface area contributed by atoms with Crippen LogP contribution < -0.4 is 4.74 Å². The Kier molecular flexibility index (Phi) is 4.37. The topological polar surface area (TPSA) is 18.5 Å². The summed E-state index contributed by atoms with van der Waals surface area (Å²) in [5, 5.41) is 0. The van der Waals surface area contributed by atoms with Crippen molar-refractivity contribution in [2.75, 3.05) is 7.11 Å². The van der Waals surface area contributed by atoms with Gasteiger partial charge in [-0.3, -0.25) is 0 Å². The highest BCUT2D eigenvalue weighted by atomic mass is 16.5. The van der Waals surface area contributed by atoms with Crippen LogP contribution in [0.15, 0.2) is 54.6 Å². The van der Waals surface area contributed by atoms with Gasteiger partial charge in [-0.15, -0.1) is 0 Å². The summed E-state index contributed by atoms with van der Waals surface area (Å²) in [5.41, 5.74) is 2.33. The van der Waals surface area contributed by atoms with Gasteiger partial charge in [0.25, 0.3) is 0 Å². The van der Waals surface area contributed by atoms with Crippen LogP contribution in [0.2, 0.25) is 0 Å². The van der Waals surface area contributed by atoms with E-state index in [2.05, 4.69) is 12.1 Å². The Morgan fingerprint density at radius 3 is 2.22 bits per heavy atom. The Labute approximate surface area is 108 Å². The predicted molar refractivity (Wildman–Crippen MR) is 72.6 cm³/mol. The first kappa shape index (κ1) is 12.7. The Morgan fingerprint density at radius 1 is 0.944 bits per heavy atom. The molecule has 0 aliphatic heterocycles. The van der Waals surface area contributed by atoms with Gasteiger partial charge in [0.1, 0.15) is 12.4 Å². The molecule has 0 aliphatic carbocycles. The molecule has 2 heteroatoms. The van der Waals surface area contributed by atoms with Crippen LogP contribution in [0.5, 0.6) is 5.75 Å². The van der Waals surface area contributed by atoms with Gasteiger partial charge in [0.15, 0.2) is 0 Å². The SMILES string of the molecule is COC(C)c1ccc(OCc2ccccc2)cc1. The van der Waals surface area contributed by atoms with Crippen molar-refractivity contribution in [1.29, 1.82) is 0 Å². The van der Waals surface area contributed by atoms with E-state index in [1.807, 2.05) is 49.4 Å². The van der Waals surface area contributed by atoms with Gasteiger partial charge in [-0.1, -0.05) is 42.5 Å². The number of rotatable bonds is 5. The minimum atomic E-state index is 0.119. The largest absolute Gasteiger partial charge is 0.489 e. The fourth-order valence-electron chi connectivity index (χ4n) is 1.71. The van der Waals surface area contributed by atoms with Crippen molar-refractivity contribution in [3.05, 3.63) is 65.7 Å². The lowest BCUT2D eigenvalue weighted by molar-refractivity contribution is 0.119. The number of ether oxygens (including phenoxy) is 2. The van der Waals surface area contributed by atoms with Crippen molar-refractivity contribution in [3.8, 4) is 5.75 Å². The van der Waals surface area contributed by atoms with E-state index in [4.69, 9.17) is 9.47 Å². The van der Waals surface area contributed by atoms with E-state index >= 15 is 0 Å². The lowest BCUT2D eigenvalue weighted by Gasteiger charge is -2.11. The molecule has 2 rings (SSSR count). The third kappa shape index (κ3) is 3.34. The van der Waals surface area contributed by atoms with Crippen molar-refractivity contribution in [3.63, 3.8) is 0 Å². The fraction of sp³-hybridized carbons (Fsp3) is 0.250. The van der Waals surface area contributed by atoms with Crippen molar-refractivity contribution >= 4 is 0 Å². The number of benzene rings is 2. The molecule has 1 atom stereocenters. The maximum atomic E-state index is 5.72. The monoisotopic (exact) mass is 242 g/mol. The van der Waals surface area contributed by atoms with Crippen molar-refractivity contribution in [1.82, 2.24) is 0 Å². The summed E-state index contributed by atoms with van der Waals surface area (Å²) in [7, 11) is 1.71. The van der Waals surface area contributed by atoms with E-state index in [1.165, 1.54) is 5.56 Å². The molecule has 0 saturated heterocycles. The molecule has 0 bridgehead atoms. The second-order valence-electron chi connectivity index (χ2n) is 4.22. The Morgan fingerprint density at radius 2 is 1.61 bits per heavy atom. The summed E-state index contributed by atoms with van der Waals surface area (Å²) in [6.07, 6.45) is 0.119. The molecule has 2 aromatic rings. The highest BCUT2D eigenvalue weighted by molar-refractivity contribution is 5.28. The third-order valence-corrected chi connectivity index (χ3v) is 2.95. The van der Waals surface area contributed by atoms with Gasteiger partial charge in [-0.2, -0.15) is 0 Å². The molecule has 0 spiro atoms. The van der Waals surface area contributed by atoms with Crippen molar-refractivity contribution < 1.29 is 9.47 Å². The fourth-order valence-corrected chi connectivity index (χ4v) is 1.71. The van der Waals surface area contributed by atoms with E-state index in [9.17, 15) is 0 Å². The third-order valence-electron chi connectivity index (χ3n) is 2.95. The second kappa shape index (κ2) is 6.22. The average molecular weight is 242 g/mol. The van der Waals surface area contributed by atoms with Crippen LogP contribution in [0, 0.1) is 0 Å². The molecule has 0 radical (unpaired) electrons. The zero-order valence-electron chi connectivity index (χ0n) is 10.8. The summed E-state index contributed by atoms with van der Waals surface area (Å²) >= 11 is 0. The lowest BCUT2D eigenvalue weighted by Crippen LogP contribution is -1.97. The van der Waals surface area contributed by atoms with Crippen LogP contribution in [-0.2, 0) is 11.3 Å². The van der Waals surface area contributed by atoms with Crippen LogP contribution in [-0.4, -0.2) is 7.11 Å². The van der Waals surface area contributed by atoms with Gasteiger partial charge in [0.05, 0.1) is 6.10 Å². The first-order chi connectivity index (χ1) is 8.79. The molecule has 1 unspecified atom stereocenters. The van der Waals surface area contributed by atoms with Crippen LogP contribution >= 0.6 is 0 Å². The molecule has 94 valence electrons. The summed E-state index contributed by atoms with van der Waals surface area (Å²) in [6.45, 7) is 2.62. The lowest BCUT2D eigenvalue weighted by atomic mass is 10.1. The zero-order valence-corrected chi connectivity index (χ0v) is 10.8. The molecule has 0 aliphatic rings. The number of methoxy groups -OCH3 is 1. The molecule has 0 saturated carbocycles. The summed E-state index contributed by atoms with van der Waals surface area (Å²) < 4.78 is 11.0. The van der Waals surface area contributed by atoms with Crippen LogP contribution in [0.3, 0.4) is 0 Å². The van der Waals surface area contributed by atoms with Gasteiger partial charge in [0, 0.05) is 7.11 Å². The number of hydrogen-bond acceptors (Lipinski definition) is 2. The van der Waals surface area contributed by atoms with E-state index in [1.54, 1.807) is 7.11 Å². The van der Waals surface area contributed by atoms with E-state index in [0.29, 0.717) is 6.61 Å². The molecule has 2 nitrogen and oxygen atoms in total. The second-order valence-corrected chi connectivity index (χ2v) is 4.22. The maximum Gasteiger partial charge on any atom is 0.119 e. The van der Waals surface area contributed by atoms with Crippen molar-refractivity contribution in [2.24, 2.45) is 0 Å². The summed E-state index contributed by atoms with van der Waals surface area (Å²) in [4.78, 5) is 0. The highest BCUT2D eigenvalue weighted by Gasteiger charge is 2.03. The van der Waals surface area contributed by atoms with Gasteiger partial charge in [0.2, 0.25) is 0 Å². The summed E-state index contributed by atoms with van der Waals surface area (Å²) in [6, 6.07) is 18.2. The molecule has 18 heavy (non-hydrogen) atoms.